The van der Waals surface area contributed by atoms with Gasteiger partial charge in [-0.25, -0.2) is 16.8 Å². The van der Waals surface area contributed by atoms with Gasteiger partial charge in [0.25, 0.3) is 0 Å². The van der Waals surface area contributed by atoms with Gasteiger partial charge in [-0.3, -0.25) is 0 Å². The van der Waals surface area contributed by atoms with Crippen molar-refractivity contribution in [3.8, 4) is 11.5 Å². The molecule has 0 fully saturated rings. The van der Waals surface area contributed by atoms with Crippen molar-refractivity contribution >= 4 is 64.9 Å². The van der Waals surface area contributed by atoms with Crippen LogP contribution < -0.4 is 4.74 Å². The molecule has 0 saturated carbocycles. The van der Waals surface area contributed by atoms with Gasteiger partial charge < -0.3 is 4.74 Å². The first-order valence-corrected chi connectivity index (χ1v) is 14.7. The monoisotopic (exact) mass is 702 g/mol. The van der Waals surface area contributed by atoms with Crippen molar-refractivity contribution in [1.82, 2.24) is 0 Å². The van der Waals surface area contributed by atoms with Crippen LogP contribution in [0.4, 0.5) is 0 Å². The summed E-state index contributed by atoms with van der Waals surface area (Å²) in [4.78, 5) is 0.771. The third kappa shape index (κ3) is 5.42. The van der Waals surface area contributed by atoms with Gasteiger partial charge in [0.15, 0.2) is 0 Å². The zero-order chi connectivity index (χ0) is 23.6. The normalized spacial score (nSPS) is 11.8. The molecule has 0 aromatic heterocycles. The summed E-state index contributed by atoms with van der Waals surface area (Å²) >= 11 is 4.24. The molecule has 0 unspecified atom stereocenters. The van der Waals surface area contributed by atoms with Crippen LogP contribution in [0.15, 0.2) is 117 Å². The molecule has 0 aliphatic carbocycles. The van der Waals surface area contributed by atoms with E-state index in [0.29, 0.717) is 11.5 Å². The highest BCUT2D eigenvalue weighted by Gasteiger charge is 2.19. The van der Waals surface area contributed by atoms with E-state index in [4.69, 9.17) is 4.74 Å². The van der Waals surface area contributed by atoms with Crippen LogP contribution in [0.2, 0.25) is 0 Å². The summed E-state index contributed by atoms with van der Waals surface area (Å²) in [5, 5.41) is 0. The second kappa shape index (κ2) is 9.72. The zero-order valence-electron chi connectivity index (χ0n) is 16.9. The maximum Gasteiger partial charge on any atom is 0.206 e. The fraction of sp³-hybridized carbons (Fsp3) is 0. The summed E-state index contributed by atoms with van der Waals surface area (Å²) < 4.78 is 58.8. The van der Waals surface area contributed by atoms with Gasteiger partial charge in [-0.15, -0.1) is 0 Å². The van der Waals surface area contributed by atoms with Crippen LogP contribution in [0.25, 0.3) is 0 Å². The van der Waals surface area contributed by atoms with Crippen molar-refractivity contribution in [3.05, 3.63) is 104 Å². The summed E-state index contributed by atoms with van der Waals surface area (Å²) in [6.07, 6.45) is 0. The molecule has 0 heterocycles. The number of ether oxygens (including phenoxy) is 1. The molecule has 4 aromatic carbocycles. The minimum absolute atomic E-state index is 0.162. The molecule has 0 amide bonds. The molecular formula is C24H16I2O5S2. The Labute approximate surface area is 219 Å². The van der Waals surface area contributed by atoms with E-state index in [9.17, 15) is 16.8 Å². The van der Waals surface area contributed by atoms with Crippen molar-refractivity contribution < 1.29 is 21.6 Å². The third-order valence-electron chi connectivity index (χ3n) is 4.75. The smallest absolute Gasteiger partial charge is 0.206 e. The summed E-state index contributed by atoms with van der Waals surface area (Å²) in [5.41, 5.74) is 0. The lowest BCUT2D eigenvalue weighted by Crippen LogP contribution is -2.02. The molecule has 0 saturated heterocycles. The minimum Gasteiger partial charge on any atom is -0.457 e. The van der Waals surface area contributed by atoms with Gasteiger partial charge in [0.05, 0.1) is 19.6 Å². The second-order valence-corrected chi connectivity index (χ2v) is 13.4. The molecule has 9 heteroatoms. The molecule has 0 aliphatic rings. The molecule has 0 bridgehead atoms. The predicted molar refractivity (Wildman–Crippen MR) is 142 cm³/mol. The highest BCUT2D eigenvalue weighted by molar-refractivity contribution is 14.1. The molecule has 0 aliphatic heterocycles. The lowest BCUT2D eigenvalue weighted by Gasteiger charge is -2.09. The van der Waals surface area contributed by atoms with Gasteiger partial charge in [-0.05, 0) is 142 Å². The predicted octanol–water partition coefficient (Wildman–Crippen LogP) is 6.35. The van der Waals surface area contributed by atoms with E-state index in [1.807, 2.05) is 0 Å². The largest absolute Gasteiger partial charge is 0.457 e. The first-order chi connectivity index (χ1) is 15.7. The number of halogens is 2. The molecule has 4 aromatic rings. The molecule has 5 nitrogen and oxygen atoms in total. The highest BCUT2D eigenvalue weighted by Crippen LogP contribution is 2.28. The SMILES string of the molecule is O=S(=O)(c1ccc(I)cc1)c1ccc(Oc2ccc(S(=O)(=O)c3ccc(I)cc3)cc2)cc1. The molecule has 33 heavy (non-hydrogen) atoms. The summed E-state index contributed by atoms with van der Waals surface area (Å²) in [7, 11) is -7.25. The van der Waals surface area contributed by atoms with Crippen LogP contribution in [-0.4, -0.2) is 16.8 Å². The van der Waals surface area contributed by atoms with Crippen LogP contribution in [0, 0.1) is 7.14 Å². The van der Waals surface area contributed by atoms with Crippen LogP contribution in [0.5, 0.6) is 11.5 Å². The number of rotatable bonds is 6. The van der Waals surface area contributed by atoms with Crippen LogP contribution in [0.1, 0.15) is 0 Å². The van der Waals surface area contributed by atoms with E-state index in [-0.39, 0.29) is 19.6 Å². The molecule has 168 valence electrons. The minimum atomic E-state index is -3.62. The zero-order valence-corrected chi connectivity index (χ0v) is 22.8. The average molecular weight is 702 g/mol. The topological polar surface area (TPSA) is 77.5 Å². The maximum atomic E-state index is 12.8. The Morgan fingerprint density at radius 3 is 0.939 bits per heavy atom. The Morgan fingerprint density at radius 2 is 0.667 bits per heavy atom. The highest BCUT2D eigenvalue weighted by atomic mass is 127. The van der Waals surface area contributed by atoms with E-state index < -0.39 is 19.7 Å². The number of benzene rings is 4. The van der Waals surface area contributed by atoms with Gasteiger partial charge in [-0.1, -0.05) is 0 Å². The lowest BCUT2D eigenvalue weighted by molar-refractivity contribution is 0.481. The first-order valence-electron chi connectivity index (χ1n) is 9.55. The molecule has 0 atom stereocenters. The standard InChI is InChI=1S/C24H16I2O5S2/c25-17-1-9-21(10-2-17)32(27,28)23-13-5-19(6-14-23)31-20-7-15-24(16-8-20)33(29,30)22-11-3-18(26)4-12-22/h1-16H. The fourth-order valence-electron chi connectivity index (χ4n) is 3.01. The number of hydrogen-bond donors (Lipinski definition) is 0. The van der Waals surface area contributed by atoms with Crippen LogP contribution >= 0.6 is 45.2 Å². The second-order valence-electron chi connectivity index (χ2n) is 6.96. The van der Waals surface area contributed by atoms with Crippen molar-refractivity contribution in [1.29, 1.82) is 0 Å². The van der Waals surface area contributed by atoms with Crippen molar-refractivity contribution in [3.63, 3.8) is 0 Å². The van der Waals surface area contributed by atoms with Gasteiger partial charge in [0.2, 0.25) is 19.7 Å². The van der Waals surface area contributed by atoms with Crippen molar-refractivity contribution in [2.45, 2.75) is 19.6 Å². The summed E-state index contributed by atoms with van der Waals surface area (Å²) in [6, 6.07) is 25.5. The van der Waals surface area contributed by atoms with Crippen LogP contribution in [-0.2, 0) is 19.7 Å². The van der Waals surface area contributed by atoms with Gasteiger partial charge in [0.1, 0.15) is 11.5 Å². The van der Waals surface area contributed by atoms with Gasteiger partial charge in [0, 0.05) is 7.14 Å². The lowest BCUT2D eigenvalue weighted by atomic mass is 10.3. The van der Waals surface area contributed by atoms with E-state index in [1.165, 1.54) is 24.3 Å². The molecular weight excluding hydrogens is 686 g/mol. The fourth-order valence-corrected chi connectivity index (χ4v) is 6.25. The Hall–Kier alpha value is -1.96. The van der Waals surface area contributed by atoms with Crippen molar-refractivity contribution in [2.75, 3.05) is 0 Å². The first kappa shape index (κ1) is 24.2. The number of hydrogen-bond acceptors (Lipinski definition) is 5. The Morgan fingerprint density at radius 1 is 0.424 bits per heavy atom. The Kier molecular flexibility index (Phi) is 7.12. The number of sulfone groups is 2. The molecule has 0 radical (unpaired) electrons. The van der Waals surface area contributed by atoms with Crippen LogP contribution in [0.3, 0.4) is 0 Å². The maximum absolute atomic E-state index is 12.8. The summed E-state index contributed by atoms with van der Waals surface area (Å²) in [6.45, 7) is 0. The Balaban J connectivity index is 1.51. The molecule has 0 N–H and O–H groups in total. The van der Waals surface area contributed by atoms with Gasteiger partial charge >= 0.3 is 0 Å². The quantitative estimate of drug-likeness (QED) is 0.219. The average Bonchev–Trinajstić information content (AvgIpc) is 2.80. The van der Waals surface area contributed by atoms with Gasteiger partial charge in [-0.2, -0.15) is 0 Å². The van der Waals surface area contributed by atoms with E-state index in [0.717, 1.165) is 7.14 Å². The molecule has 4 rings (SSSR count). The van der Waals surface area contributed by atoms with E-state index in [1.54, 1.807) is 72.8 Å². The van der Waals surface area contributed by atoms with Crippen molar-refractivity contribution in [2.24, 2.45) is 0 Å². The Bertz CT molecular complexity index is 1360. The van der Waals surface area contributed by atoms with E-state index >= 15 is 0 Å². The summed E-state index contributed by atoms with van der Waals surface area (Å²) in [5.74, 6) is 0.870. The van der Waals surface area contributed by atoms with E-state index in [2.05, 4.69) is 45.2 Å². The third-order valence-corrected chi connectivity index (χ3v) is 9.76. The molecule has 0 spiro atoms.